The van der Waals surface area contributed by atoms with Crippen LogP contribution >= 0.6 is 0 Å². The van der Waals surface area contributed by atoms with Gasteiger partial charge in [-0.3, -0.25) is 4.98 Å². The number of carbonyl (C=O) groups is 1. The van der Waals surface area contributed by atoms with Crippen molar-refractivity contribution in [2.24, 2.45) is 0 Å². The summed E-state index contributed by atoms with van der Waals surface area (Å²) in [5, 5.41) is 9.79. The van der Waals surface area contributed by atoms with Gasteiger partial charge in [0.2, 0.25) is 5.95 Å². The summed E-state index contributed by atoms with van der Waals surface area (Å²) < 4.78 is 16.3. The van der Waals surface area contributed by atoms with Gasteiger partial charge in [0.25, 0.3) is 0 Å². The Balaban J connectivity index is 1.86. The molecule has 3 rings (SSSR count). The van der Waals surface area contributed by atoms with Crippen molar-refractivity contribution in [1.29, 1.82) is 0 Å². The van der Waals surface area contributed by atoms with Crippen molar-refractivity contribution >= 4 is 28.9 Å². The SMILES string of the molecule is CCCCC(C)(CNC(=O)OC(C)(C)C)Nc1nc(NCc2ccc(OC)cc2OC)nc2cccnc12. The number of pyridine rings is 1. The molecule has 0 aliphatic heterocycles. The zero-order chi connectivity index (χ0) is 27.8. The molecular formula is C28H40N6O4. The molecule has 2 heterocycles. The summed E-state index contributed by atoms with van der Waals surface area (Å²) in [6, 6.07) is 9.41. The van der Waals surface area contributed by atoms with Crippen LogP contribution in [0, 0.1) is 0 Å². The van der Waals surface area contributed by atoms with Gasteiger partial charge < -0.3 is 30.2 Å². The van der Waals surface area contributed by atoms with Crippen LogP contribution in [0.3, 0.4) is 0 Å². The maximum atomic E-state index is 12.4. The van der Waals surface area contributed by atoms with E-state index in [2.05, 4.69) is 39.8 Å². The highest BCUT2D eigenvalue weighted by Crippen LogP contribution is 2.28. The molecule has 0 aliphatic rings. The third kappa shape index (κ3) is 8.09. The van der Waals surface area contributed by atoms with E-state index in [1.54, 1.807) is 20.4 Å². The minimum Gasteiger partial charge on any atom is -0.497 e. The number of nitrogens with one attached hydrogen (secondary N) is 3. The summed E-state index contributed by atoms with van der Waals surface area (Å²) in [6.45, 7) is 10.5. The van der Waals surface area contributed by atoms with Crippen LogP contribution in [0.1, 0.15) is 59.4 Å². The molecule has 0 spiro atoms. The first-order chi connectivity index (χ1) is 18.1. The standard InChI is InChI=1S/C28H40N6O4/c1-8-9-14-28(5,18-31-26(35)38-27(2,3)4)34-24-23-21(11-10-15-29-23)32-25(33-24)30-17-19-12-13-20(36-6)16-22(19)37-7/h10-13,15-16H,8-9,14,17-18H2,1-7H3,(H,31,35)(H2,30,32,33,34). The largest absolute Gasteiger partial charge is 0.497 e. The number of fused-ring (bicyclic) bond motifs is 1. The molecule has 0 radical (unpaired) electrons. The number of unbranched alkanes of at least 4 members (excludes halogenated alkanes) is 1. The van der Waals surface area contributed by atoms with Crippen molar-refractivity contribution in [3.63, 3.8) is 0 Å². The van der Waals surface area contributed by atoms with E-state index in [4.69, 9.17) is 19.2 Å². The van der Waals surface area contributed by atoms with E-state index in [0.29, 0.717) is 41.6 Å². The number of methoxy groups -OCH3 is 2. The highest BCUT2D eigenvalue weighted by atomic mass is 16.6. The number of aromatic nitrogens is 3. The Labute approximate surface area is 224 Å². The molecule has 10 heteroatoms. The number of ether oxygens (including phenoxy) is 3. The zero-order valence-electron chi connectivity index (χ0n) is 23.5. The van der Waals surface area contributed by atoms with Crippen LogP contribution in [0.25, 0.3) is 11.0 Å². The molecule has 38 heavy (non-hydrogen) atoms. The number of hydrogen-bond donors (Lipinski definition) is 3. The van der Waals surface area contributed by atoms with Gasteiger partial charge in [0.15, 0.2) is 5.82 Å². The summed E-state index contributed by atoms with van der Waals surface area (Å²) in [6.07, 6.45) is 4.06. The molecule has 1 amide bonds. The van der Waals surface area contributed by atoms with Crippen molar-refractivity contribution in [1.82, 2.24) is 20.3 Å². The number of amides is 1. The summed E-state index contributed by atoms with van der Waals surface area (Å²) in [5.74, 6) is 2.46. The molecule has 1 aromatic carbocycles. The molecule has 206 valence electrons. The number of nitrogens with zero attached hydrogens (tertiary/aromatic N) is 3. The van der Waals surface area contributed by atoms with E-state index >= 15 is 0 Å². The van der Waals surface area contributed by atoms with Crippen molar-refractivity contribution < 1.29 is 19.0 Å². The fraction of sp³-hybridized carbons (Fsp3) is 0.500. The molecular weight excluding hydrogens is 484 g/mol. The minimum atomic E-state index is -0.572. The van der Waals surface area contributed by atoms with Gasteiger partial charge in [0.05, 0.1) is 25.3 Å². The lowest BCUT2D eigenvalue weighted by Crippen LogP contribution is -2.48. The van der Waals surface area contributed by atoms with Gasteiger partial charge in [-0.05, 0) is 58.4 Å². The van der Waals surface area contributed by atoms with E-state index < -0.39 is 17.2 Å². The number of rotatable bonds is 12. The fourth-order valence-electron chi connectivity index (χ4n) is 3.94. The maximum Gasteiger partial charge on any atom is 0.407 e. The Kier molecular flexibility index (Phi) is 9.55. The van der Waals surface area contributed by atoms with Gasteiger partial charge in [0, 0.05) is 30.9 Å². The van der Waals surface area contributed by atoms with Crippen LogP contribution in [0.2, 0.25) is 0 Å². The Morgan fingerprint density at radius 1 is 1.05 bits per heavy atom. The number of alkyl carbamates (subject to hydrolysis) is 1. The van der Waals surface area contributed by atoms with Gasteiger partial charge in [0.1, 0.15) is 22.6 Å². The second-order valence-electron chi connectivity index (χ2n) is 10.4. The Bertz CT molecular complexity index is 1230. The first-order valence-electron chi connectivity index (χ1n) is 12.9. The number of carbonyl (C=O) groups excluding carboxylic acids is 1. The molecule has 10 nitrogen and oxygen atoms in total. The van der Waals surface area contributed by atoms with Crippen molar-refractivity contribution in [2.45, 2.75) is 71.6 Å². The summed E-state index contributed by atoms with van der Waals surface area (Å²) in [7, 11) is 3.25. The molecule has 3 aromatic rings. The minimum absolute atomic E-state index is 0.353. The second kappa shape index (κ2) is 12.6. The third-order valence-corrected chi connectivity index (χ3v) is 5.91. The van der Waals surface area contributed by atoms with Crippen LogP contribution < -0.4 is 25.4 Å². The van der Waals surface area contributed by atoms with E-state index in [-0.39, 0.29) is 0 Å². The Morgan fingerprint density at radius 2 is 1.84 bits per heavy atom. The molecule has 1 atom stereocenters. The van der Waals surface area contributed by atoms with E-state index in [1.807, 2.05) is 51.1 Å². The van der Waals surface area contributed by atoms with Gasteiger partial charge in [-0.15, -0.1) is 0 Å². The zero-order valence-corrected chi connectivity index (χ0v) is 23.5. The quantitative estimate of drug-likeness (QED) is 0.280. The average Bonchev–Trinajstić information content (AvgIpc) is 2.88. The predicted octanol–water partition coefficient (Wildman–Crippen LogP) is 5.54. The number of hydrogen-bond acceptors (Lipinski definition) is 9. The highest BCUT2D eigenvalue weighted by Gasteiger charge is 2.28. The average molecular weight is 525 g/mol. The van der Waals surface area contributed by atoms with Crippen molar-refractivity contribution in [2.75, 3.05) is 31.4 Å². The lowest BCUT2D eigenvalue weighted by atomic mass is 9.94. The normalized spacial score (nSPS) is 12.9. The van der Waals surface area contributed by atoms with Crippen LogP contribution in [-0.2, 0) is 11.3 Å². The van der Waals surface area contributed by atoms with E-state index in [1.165, 1.54) is 0 Å². The number of benzene rings is 1. The first kappa shape index (κ1) is 28.7. The third-order valence-electron chi connectivity index (χ3n) is 5.91. The lowest BCUT2D eigenvalue weighted by molar-refractivity contribution is 0.0517. The Hall–Kier alpha value is -3.82. The van der Waals surface area contributed by atoms with Gasteiger partial charge in [-0.25, -0.2) is 9.78 Å². The first-order valence-corrected chi connectivity index (χ1v) is 12.9. The van der Waals surface area contributed by atoms with Crippen LogP contribution in [0.4, 0.5) is 16.6 Å². The lowest BCUT2D eigenvalue weighted by Gasteiger charge is -2.32. The predicted molar refractivity (Wildman–Crippen MR) is 150 cm³/mol. The monoisotopic (exact) mass is 524 g/mol. The summed E-state index contributed by atoms with van der Waals surface area (Å²) >= 11 is 0. The molecule has 3 N–H and O–H groups in total. The molecule has 0 saturated carbocycles. The van der Waals surface area contributed by atoms with Crippen molar-refractivity contribution in [3.05, 3.63) is 42.1 Å². The second-order valence-corrected chi connectivity index (χ2v) is 10.4. The van der Waals surface area contributed by atoms with Crippen LogP contribution in [-0.4, -0.2) is 52.9 Å². The molecule has 1 unspecified atom stereocenters. The molecule has 0 aliphatic carbocycles. The van der Waals surface area contributed by atoms with Crippen molar-refractivity contribution in [3.8, 4) is 11.5 Å². The van der Waals surface area contributed by atoms with Crippen LogP contribution in [0.5, 0.6) is 11.5 Å². The fourth-order valence-corrected chi connectivity index (χ4v) is 3.94. The Morgan fingerprint density at radius 3 is 2.53 bits per heavy atom. The van der Waals surface area contributed by atoms with E-state index in [9.17, 15) is 4.79 Å². The van der Waals surface area contributed by atoms with Crippen LogP contribution in [0.15, 0.2) is 36.5 Å². The molecule has 2 aromatic heterocycles. The van der Waals surface area contributed by atoms with Gasteiger partial charge in [-0.2, -0.15) is 4.98 Å². The smallest absolute Gasteiger partial charge is 0.407 e. The summed E-state index contributed by atoms with van der Waals surface area (Å²) in [5.41, 5.74) is 1.22. The molecule has 0 bridgehead atoms. The maximum absolute atomic E-state index is 12.4. The van der Waals surface area contributed by atoms with E-state index in [0.717, 1.165) is 30.6 Å². The van der Waals surface area contributed by atoms with Gasteiger partial charge >= 0.3 is 6.09 Å². The topological polar surface area (TPSA) is 120 Å². The summed E-state index contributed by atoms with van der Waals surface area (Å²) in [4.78, 5) is 26.4. The highest BCUT2D eigenvalue weighted by molar-refractivity contribution is 5.86. The molecule has 0 saturated heterocycles. The molecule has 0 fully saturated rings. The number of anilines is 2. The van der Waals surface area contributed by atoms with Gasteiger partial charge in [-0.1, -0.05) is 19.8 Å².